The summed E-state index contributed by atoms with van der Waals surface area (Å²) in [6.07, 6.45) is 1.13. The Bertz CT molecular complexity index is 430. The van der Waals surface area contributed by atoms with Crippen molar-refractivity contribution < 1.29 is 0 Å². The summed E-state index contributed by atoms with van der Waals surface area (Å²) in [4.78, 5) is 10.3. The van der Waals surface area contributed by atoms with E-state index in [0.717, 1.165) is 43.0 Å². The predicted molar refractivity (Wildman–Crippen MR) is 72.5 cm³/mol. The highest BCUT2D eigenvalue weighted by Crippen LogP contribution is 2.16. The average Bonchev–Trinajstić information content (AvgIpc) is 2.78. The van der Waals surface area contributed by atoms with Crippen molar-refractivity contribution >= 4 is 17.0 Å². The molecule has 0 atom stereocenters. The van der Waals surface area contributed by atoms with Gasteiger partial charge in [0.2, 0.25) is 5.95 Å². The van der Waals surface area contributed by atoms with Crippen LogP contribution in [-0.4, -0.2) is 36.6 Å². The highest BCUT2D eigenvalue weighted by molar-refractivity contribution is 5.77. The van der Waals surface area contributed by atoms with Crippen molar-refractivity contribution in [2.45, 2.75) is 13.3 Å². The molecule has 0 aliphatic carbocycles. The third-order valence-corrected chi connectivity index (χ3v) is 2.80. The Morgan fingerprint density at radius 3 is 2.82 bits per heavy atom. The van der Waals surface area contributed by atoms with Crippen molar-refractivity contribution in [2.24, 2.45) is 0 Å². The molecule has 92 valence electrons. The number of para-hydroxylation sites is 2. The Morgan fingerprint density at radius 2 is 2.12 bits per heavy atom. The fraction of sp³-hybridized carbons (Fsp3) is 0.462. The molecular weight excluding hydrogens is 212 g/mol. The van der Waals surface area contributed by atoms with Crippen LogP contribution in [0.4, 0.5) is 5.95 Å². The maximum atomic E-state index is 4.63. The first kappa shape index (κ1) is 11.9. The van der Waals surface area contributed by atoms with Crippen molar-refractivity contribution in [2.75, 3.05) is 31.6 Å². The predicted octanol–water partition coefficient (Wildman–Crippen LogP) is 2.00. The van der Waals surface area contributed by atoms with E-state index in [1.165, 1.54) is 0 Å². The van der Waals surface area contributed by atoms with Crippen LogP contribution >= 0.6 is 0 Å². The lowest BCUT2D eigenvalue weighted by Gasteiger charge is -2.20. The summed E-state index contributed by atoms with van der Waals surface area (Å²) in [5, 5.41) is 3.18. The van der Waals surface area contributed by atoms with Gasteiger partial charge in [-0.15, -0.1) is 0 Å². The molecule has 1 aromatic heterocycles. The second-order valence-corrected chi connectivity index (χ2v) is 4.17. The van der Waals surface area contributed by atoms with Crippen LogP contribution in [0.3, 0.4) is 0 Å². The Hall–Kier alpha value is -1.55. The average molecular weight is 232 g/mol. The lowest BCUT2D eigenvalue weighted by atomic mass is 10.3. The van der Waals surface area contributed by atoms with Gasteiger partial charge in [-0.25, -0.2) is 4.98 Å². The van der Waals surface area contributed by atoms with Crippen molar-refractivity contribution in [1.29, 1.82) is 0 Å². The molecule has 0 saturated heterocycles. The molecule has 4 heteroatoms. The molecule has 0 aliphatic rings. The molecule has 17 heavy (non-hydrogen) atoms. The summed E-state index contributed by atoms with van der Waals surface area (Å²) in [5.74, 6) is 0.975. The van der Waals surface area contributed by atoms with Gasteiger partial charge in [-0.3, -0.25) is 0 Å². The molecule has 0 spiro atoms. The number of H-pyrrole nitrogens is 1. The molecule has 0 unspecified atom stereocenters. The maximum Gasteiger partial charge on any atom is 0.203 e. The summed E-state index contributed by atoms with van der Waals surface area (Å²) < 4.78 is 0. The minimum atomic E-state index is 0.969. The standard InChI is InChI=1S/C13H20N4/c1-3-9-17(10-8-14-2)13-15-11-6-4-5-7-12(11)16-13/h4-7,14H,3,8-10H2,1-2H3,(H,15,16). The van der Waals surface area contributed by atoms with Crippen molar-refractivity contribution in [3.63, 3.8) is 0 Å². The number of aromatic nitrogens is 2. The summed E-state index contributed by atoms with van der Waals surface area (Å²) >= 11 is 0. The summed E-state index contributed by atoms with van der Waals surface area (Å²) in [7, 11) is 1.97. The van der Waals surface area contributed by atoms with Gasteiger partial charge in [0.1, 0.15) is 0 Å². The molecule has 2 aromatic rings. The van der Waals surface area contributed by atoms with Gasteiger partial charge in [-0.2, -0.15) is 0 Å². The first-order valence-electron chi connectivity index (χ1n) is 6.19. The smallest absolute Gasteiger partial charge is 0.203 e. The van der Waals surface area contributed by atoms with E-state index in [1.54, 1.807) is 0 Å². The van der Waals surface area contributed by atoms with Gasteiger partial charge in [0.25, 0.3) is 0 Å². The van der Waals surface area contributed by atoms with Crippen LogP contribution < -0.4 is 10.2 Å². The second kappa shape index (κ2) is 5.68. The molecule has 1 aromatic carbocycles. The van der Waals surface area contributed by atoms with E-state index in [4.69, 9.17) is 0 Å². The zero-order chi connectivity index (χ0) is 12.1. The quantitative estimate of drug-likeness (QED) is 0.800. The van der Waals surface area contributed by atoms with E-state index in [9.17, 15) is 0 Å². The van der Waals surface area contributed by atoms with E-state index >= 15 is 0 Å². The molecule has 1 heterocycles. The number of likely N-dealkylation sites (N-methyl/N-ethyl adjacent to an activating group) is 1. The number of anilines is 1. The number of hydrogen-bond acceptors (Lipinski definition) is 3. The number of hydrogen-bond donors (Lipinski definition) is 2. The fourth-order valence-electron chi connectivity index (χ4n) is 1.93. The molecule has 4 nitrogen and oxygen atoms in total. The van der Waals surface area contributed by atoms with Gasteiger partial charge in [-0.1, -0.05) is 19.1 Å². The van der Waals surface area contributed by atoms with Gasteiger partial charge < -0.3 is 15.2 Å². The Balaban J connectivity index is 2.21. The van der Waals surface area contributed by atoms with Gasteiger partial charge in [0.15, 0.2) is 0 Å². The fourth-order valence-corrected chi connectivity index (χ4v) is 1.93. The molecular formula is C13H20N4. The Labute approximate surface area is 102 Å². The minimum Gasteiger partial charge on any atom is -0.341 e. The lowest BCUT2D eigenvalue weighted by molar-refractivity contribution is 0.697. The highest BCUT2D eigenvalue weighted by atomic mass is 15.3. The Kier molecular flexibility index (Phi) is 3.98. The van der Waals surface area contributed by atoms with Crippen LogP contribution in [0.25, 0.3) is 11.0 Å². The molecule has 0 radical (unpaired) electrons. The van der Waals surface area contributed by atoms with Gasteiger partial charge in [-0.05, 0) is 25.6 Å². The second-order valence-electron chi connectivity index (χ2n) is 4.17. The number of rotatable bonds is 6. The number of nitrogens with zero attached hydrogens (tertiary/aromatic N) is 2. The third kappa shape index (κ3) is 2.77. The van der Waals surface area contributed by atoms with E-state index in [1.807, 2.05) is 25.2 Å². The van der Waals surface area contributed by atoms with Crippen molar-refractivity contribution in [1.82, 2.24) is 15.3 Å². The minimum absolute atomic E-state index is 0.969. The van der Waals surface area contributed by atoms with E-state index < -0.39 is 0 Å². The third-order valence-electron chi connectivity index (χ3n) is 2.80. The van der Waals surface area contributed by atoms with Crippen LogP contribution in [0, 0.1) is 0 Å². The summed E-state index contributed by atoms with van der Waals surface area (Å²) in [6.45, 7) is 5.16. The van der Waals surface area contributed by atoms with E-state index in [0.29, 0.717) is 0 Å². The first-order valence-corrected chi connectivity index (χ1v) is 6.19. The molecule has 0 bridgehead atoms. The molecule has 2 N–H and O–H groups in total. The lowest BCUT2D eigenvalue weighted by Crippen LogP contribution is -2.32. The number of nitrogens with one attached hydrogen (secondary N) is 2. The summed E-state index contributed by atoms with van der Waals surface area (Å²) in [6, 6.07) is 8.15. The van der Waals surface area contributed by atoms with Crippen LogP contribution in [0.2, 0.25) is 0 Å². The van der Waals surface area contributed by atoms with Gasteiger partial charge in [0.05, 0.1) is 11.0 Å². The van der Waals surface area contributed by atoms with Gasteiger partial charge >= 0.3 is 0 Å². The van der Waals surface area contributed by atoms with Crippen LogP contribution in [0.15, 0.2) is 24.3 Å². The van der Waals surface area contributed by atoms with Crippen LogP contribution in [0.5, 0.6) is 0 Å². The first-order chi connectivity index (χ1) is 8.35. The number of fused-ring (bicyclic) bond motifs is 1. The van der Waals surface area contributed by atoms with Crippen molar-refractivity contribution in [3.05, 3.63) is 24.3 Å². The number of benzene rings is 1. The maximum absolute atomic E-state index is 4.63. The zero-order valence-electron chi connectivity index (χ0n) is 10.5. The number of imidazole rings is 1. The largest absolute Gasteiger partial charge is 0.341 e. The zero-order valence-corrected chi connectivity index (χ0v) is 10.5. The van der Waals surface area contributed by atoms with Crippen LogP contribution in [-0.2, 0) is 0 Å². The normalized spacial score (nSPS) is 10.9. The molecule has 0 saturated carbocycles. The molecule has 0 aliphatic heterocycles. The summed E-state index contributed by atoms with van der Waals surface area (Å²) in [5.41, 5.74) is 2.14. The Morgan fingerprint density at radius 1 is 1.29 bits per heavy atom. The van der Waals surface area contributed by atoms with Gasteiger partial charge in [0, 0.05) is 19.6 Å². The highest BCUT2D eigenvalue weighted by Gasteiger charge is 2.09. The number of aromatic amines is 1. The van der Waals surface area contributed by atoms with E-state index in [2.05, 4.69) is 33.2 Å². The van der Waals surface area contributed by atoms with E-state index in [-0.39, 0.29) is 0 Å². The molecule has 0 fully saturated rings. The van der Waals surface area contributed by atoms with Crippen molar-refractivity contribution in [3.8, 4) is 0 Å². The van der Waals surface area contributed by atoms with Crippen LogP contribution in [0.1, 0.15) is 13.3 Å². The molecule has 0 amide bonds. The topological polar surface area (TPSA) is 44.0 Å². The SMILES string of the molecule is CCCN(CCNC)c1nc2ccccc2[nH]1. The monoisotopic (exact) mass is 232 g/mol. The molecule has 2 rings (SSSR count).